The van der Waals surface area contributed by atoms with E-state index in [2.05, 4.69) is 48.7 Å². The van der Waals surface area contributed by atoms with E-state index in [-0.39, 0.29) is 0 Å². The van der Waals surface area contributed by atoms with E-state index in [1.165, 1.54) is 12.0 Å². The fraction of sp³-hybridized carbons (Fsp3) is 0.267. The van der Waals surface area contributed by atoms with E-state index in [4.69, 9.17) is 0 Å². The van der Waals surface area contributed by atoms with Gasteiger partial charge in [-0.3, -0.25) is 0 Å². The molecule has 3 heterocycles. The van der Waals surface area contributed by atoms with Crippen molar-refractivity contribution in [2.45, 2.75) is 13.0 Å². The molecule has 1 fully saturated rings. The number of benzene rings is 1. The van der Waals surface area contributed by atoms with Crippen molar-refractivity contribution in [3.8, 4) is 0 Å². The van der Waals surface area contributed by atoms with Crippen LogP contribution in [-0.2, 0) is 6.54 Å². The van der Waals surface area contributed by atoms with Gasteiger partial charge in [0.15, 0.2) is 17.0 Å². The van der Waals surface area contributed by atoms with Crippen molar-refractivity contribution in [1.29, 1.82) is 0 Å². The van der Waals surface area contributed by atoms with E-state index in [9.17, 15) is 0 Å². The van der Waals surface area contributed by atoms with Crippen LogP contribution < -0.4 is 4.90 Å². The molecular weight excluding hydrogens is 250 g/mol. The highest BCUT2D eigenvalue weighted by atomic mass is 15.3. The minimum absolute atomic E-state index is 0.786. The lowest BCUT2D eigenvalue weighted by Crippen LogP contribution is -2.37. The summed E-state index contributed by atoms with van der Waals surface area (Å²) in [5, 5.41) is 0. The summed E-state index contributed by atoms with van der Waals surface area (Å²) in [5.41, 5.74) is 3.06. The van der Waals surface area contributed by atoms with Gasteiger partial charge in [-0.15, -0.1) is 0 Å². The molecule has 5 heteroatoms. The molecule has 0 saturated carbocycles. The fourth-order valence-corrected chi connectivity index (χ4v) is 2.52. The minimum atomic E-state index is 0.786. The Bertz CT molecular complexity index is 730. The van der Waals surface area contributed by atoms with Gasteiger partial charge >= 0.3 is 0 Å². The molecule has 1 aliphatic rings. The molecule has 0 unspecified atom stereocenters. The lowest BCUT2D eigenvalue weighted by Gasteiger charge is -2.31. The number of fused-ring (bicyclic) bond motifs is 1. The topological polar surface area (TPSA) is 46.8 Å². The number of aromatic nitrogens is 4. The number of hydrogen-bond acceptors (Lipinski definition) is 4. The van der Waals surface area contributed by atoms with Crippen LogP contribution in [0, 0.1) is 0 Å². The minimum Gasteiger partial charge on any atom is -0.355 e. The van der Waals surface area contributed by atoms with Crippen LogP contribution in [0.3, 0.4) is 0 Å². The Balaban J connectivity index is 1.74. The Morgan fingerprint density at radius 3 is 2.60 bits per heavy atom. The third kappa shape index (κ3) is 1.82. The Morgan fingerprint density at radius 2 is 1.85 bits per heavy atom. The molecule has 4 rings (SSSR count). The molecule has 0 spiro atoms. The van der Waals surface area contributed by atoms with Crippen molar-refractivity contribution in [3.63, 3.8) is 0 Å². The number of nitrogens with zero attached hydrogens (tertiary/aromatic N) is 5. The van der Waals surface area contributed by atoms with Crippen LogP contribution in [0.25, 0.3) is 11.2 Å². The zero-order chi connectivity index (χ0) is 13.4. The second-order valence-electron chi connectivity index (χ2n) is 5.07. The smallest absolute Gasteiger partial charge is 0.165 e. The number of hydrogen-bond donors (Lipinski definition) is 0. The van der Waals surface area contributed by atoms with Gasteiger partial charge in [0, 0.05) is 13.1 Å². The molecule has 1 aromatic carbocycles. The van der Waals surface area contributed by atoms with Crippen molar-refractivity contribution >= 4 is 17.0 Å². The van der Waals surface area contributed by atoms with Crippen molar-refractivity contribution in [3.05, 3.63) is 48.5 Å². The molecule has 5 nitrogen and oxygen atoms in total. The first-order valence-corrected chi connectivity index (χ1v) is 6.86. The molecule has 0 N–H and O–H groups in total. The van der Waals surface area contributed by atoms with Crippen LogP contribution in [-0.4, -0.2) is 32.6 Å². The van der Waals surface area contributed by atoms with Crippen LogP contribution in [0.4, 0.5) is 5.82 Å². The maximum Gasteiger partial charge on any atom is 0.165 e. The summed E-state index contributed by atoms with van der Waals surface area (Å²) in [6, 6.07) is 10.4. The predicted octanol–water partition coefficient (Wildman–Crippen LogP) is 2.08. The van der Waals surface area contributed by atoms with Gasteiger partial charge in [0.2, 0.25) is 0 Å². The predicted molar refractivity (Wildman–Crippen MR) is 77.7 cm³/mol. The molecule has 100 valence electrons. The molecule has 1 saturated heterocycles. The van der Waals surface area contributed by atoms with Gasteiger partial charge in [0.1, 0.15) is 6.33 Å². The first kappa shape index (κ1) is 11.4. The van der Waals surface area contributed by atoms with Crippen LogP contribution in [0.5, 0.6) is 0 Å². The highest BCUT2D eigenvalue weighted by molar-refractivity contribution is 5.83. The van der Waals surface area contributed by atoms with Crippen molar-refractivity contribution < 1.29 is 0 Å². The van der Waals surface area contributed by atoms with E-state index in [0.717, 1.165) is 36.6 Å². The second-order valence-corrected chi connectivity index (χ2v) is 5.07. The van der Waals surface area contributed by atoms with Gasteiger partial charge < -0.3 is 9.47 Å². The average Bonchev–Trinajstić information content (AvgIpc) is 2.83. The standard InChI is InChI=1S/C15H15N5/c1-2-5-12(6-3-1)9-20-11-18-13-14(19-7-4-8-19)16-10-17-15(13)20/h1-3,5-6,10-11H,4,7-9H2. The molecule has 0 radical (unpaired) electrons. The summed E-state index contributed by atoms with van der Waals surface area (Å²) in [5.74, 6) is 0.966. The van der Waals surface area contributed by atoms with Gasteiger partial charge in [-0.1, -0.05) is 30.3 Å². The summed E-state index contributed by atoms with van der Waals surface area (Å²) in [7, 11) is 0. The summed E-state index contributed by atoms with van der Waals surface area (Å²) < 4.78 is 2.08. The largest absolute Gasteiger partial charge is 0.355 e. The van der Waals surface area contributed by atoms with E-state index in [1.54, 1.807) is 6.33 Å². The third-order valence-electron chi connectivity index (χ3n) is 3.73. The van der Waals surface area contributed by atoms with Crippen molar-refractivity contribution in [2.24, 2.45) is 0 Å². The molecule has 20 heavy (non-hydrogen) atoms. The summed E-state index contributed by atoms with van der Waals surface area (Å²) >= 11 is 0. The normalized spacial score (nSPS) is 14.5. The SMILES string of the molecule is c1ccc(Cn2cnc3c(N4CCC4)ncnc32)cc1. The van der Waals surface area contributed by atoms with Gasteiger partial charge in [-0.25, -0.2) is 15.0 Å². The van der Waals surface area contributed by atoms with Gasteiger partial charge in [0.05, 0.1) is 12.9 Å². The molecule has 0 amide bonds. The Labute approximate surface area is 116 Å². The monoisotopic (exact) mass is 265 g/mol. The summed E-state index contributed by atoms with van der Waals surface area (Å²) in [6.07, 6.45) is 4.73. The van der Waals surface area contributed by atoms with E-state index in [0.29, 0.717) is 0 Å². The van der Waals surface area contributed by atoms with Crippen molar-refractivity contribution in [1.82, 2.24) is 19.5 Å². The summed E-state index contributed by atoms with van der Waals surface area (Å²) in [6.45, 7) is 2.92. The van der Waals surface area contributed by atoms with Crippen LogP contribution in [0.15, 0.2) is 43.0 Å². The molecule has 3 aromatic rings. The number of rotatable bonds is 3. The van der Waals surface area contributed by atoms with Gasteiger partial charge in [-0.2, -0.15) is 0 Å². The first-order valence-electron chi connectivity index (χ1n) is 6.86. The zero-order valence-electron chi connectivity index (χ0n) is 11.1. The zero-order valence-corrected chi connectivity index (χ0v) is 11.1. The number of imidazole rings is 1. The fourth-order valence-electron chi connectivity index (χ4n) is 2.52. The van der Waals surface area contributed by atoms with Crippen LogP contribution in [0.2, 0.25) is 0 Å². The molecule has 0 aliphatic carbocycles. The summed E-state index contributed by atoms with van der Waals surface area (Å²) in [4.78, 5) is 15.6. The Hall–Kier alpha value is -2.43. The molecule has 0 atom stereocenters. The lowest BCUT2D eigenvalue weighted by atomic mass is 10.2. The van der Waals surface area contributed by atoms with Gasteiger partial charge in [-0.05, 0) is 12.0 Å². The van der Waals surface area contributed by atoms with Crippen molar-refractivity contribution in [2.75, 3.05) is 18.0 Å². The second kappa shape index (κ2) is 4.59. The van der Waals surface area contributed by atoms with E-state index >= 15 is 0 Å². The first-order chi connectivity index (χ1) is 9.92. The number of anilines is 1. The molecule has 1 aliphatic heterocycles. The highest BCUT2D eigenvalue weighted by Gasteiger charge is 2.20. The average molecular weight is 265 g/mol. The Kier molecular flexibility index (Phi) is 2.62. The van der Waals surface area contributed by atoms with E-state index in [1.807, 2.05) is 12.4 Å². The molecule has 0 bridgehead atoms. The molecule has 2 aromatic heterocycles. The van der Waals surface area contributed by atoms with Gasteiger partial charge in [0.25, 0.3) is 0 Å². The highest BCUT2D eigenvalue weighted by Crippen LogP contribution is 2.25. The maximum absolute atomic E-state index is 4.51. The third-order valence-corrected chi connectivity index (χ3v) is 3.73. The molecular formula is C15H15N5. The van der Waals surface area contributed by atoms with Crippen LogP contribution >= 0.6 is 0 Å². The van der Waals surface area contributed by atoms with E-state index < -0.39 is 0 Å². The Morgan fingerprint density at radius 1 is 1.00 bits per heavy atom. The lowest BCUT2D eigenvalue weighted by molar-refractivity contribution is 0.611. The quantitative estimate of drug-likeness (QED) is 0.727. The van der Waals surface area contributed by atoms with Crippen LogP contribution in [0.1, 0.15) is 12.0 Å². The maximum atomic E-state index is 4.51.